The third kappa shape index (κ3) is 6.17. The molecular weight excluding hydrogens is 462 g/mol. The molecule has 8 nitrogen and oxygen atoms in total. The number of pyridine rings is 1. The van der Waals surface area contributed by atoms with E-state index in [2.05, 4.69) is 42.4 Å². The van der Waals surface area contributed by atoms with Crippen LogP contribution in [0, 0.1) is 6.92 Å². The molecule has 1 aliphatic rings. The van der Waals surface area contributed by atoms with Crippen LogP contribution in [0.4, 0.5) is 17.3 Å². The Morgan fingerprint density at radius 1 is 0.919 bits per heavy atom. The number of amides is 1. The maximum atomic E-state index is 13.0. The van der Waals surface area contributed by atoms with Crippen molar-refractivity contribution in [2.24, 2.45) is 0 Å². The minimum Gasteiger partial charge on any atom is -0.324 e. The second kappa shape index (κ2) is 11.3. The molecule has 1 amide bonds. The van der Waals surface area contributed by atoms with Gasteiger partial charge in [0.05, 0.1) is 5.69 Å². The molecule has 1 fully saturated rings. The van der Waals surface area contributed by atoms with Gasteiger partial charge in [0.25, 0.3) is 5.91 Å². The zero-order chi connectivity index (χ0) is 25.6. The second-order valence-electron chi connectivity index (χ2n) is 9.34. The summed E-state index contributed by atoms with van der Waals surface area (Å²) in [7, 11) is 2.16. The zero-order valence-corrected chi connectivity index (χ0v) is 21.2. The number of carbonyl (C=O) groups excluding carboxylic acids is 1. The van der Waals surface area contributed by atoms with Crippen LogP contribution >= 0.6 is 0 Å². The highest BCUT2D eigenvalue weighted by molar-refractivity contribution is 6.05. The number of piperazine rings is 1. The van der Waals surface area contributed by atoms with Crippen molar-refractivity contribution in [3.05, 3.63) is 95.9 Å². The number of carbonyl (C=O) groups is 1. The van der Waals surface area contributed by atoms with E-state index in [9.17, 15) is 4.79 Å². The Balaban J connectivity index is 1.24. The molecule has 1 aliphatic heterocycles. The molecule has 1 saturated heterocycles. The summed E-state index contributed by atoms with van der Waals surface area (Å²) in [6.07, 6.45) is 5.22. The molecule has 5 rings (SSSR count). The molecule has 0 atom stereocenters. The van der Waals surface area contributed by atoms with E-state index in [4.69, 9.17) is 0 Å². The molecule has 3 heterocycles. The molecular formula is C29H31N7O. The van der Waals surface area contributed by atoms with Crippen LogP contribution in [-0.2, 0) is 6.54 Å². The van der Waals surface area contributed by atoms with Crippen LogP contribution < -0.4 is 10.6 Å². The predicted molar refractivity (Wildman–Crippen MR) is 147 cm³/mol. The van der Waals surface area contributed by atoms with Gasteiger partial charge in [-0.15, -0.1) is 0 Å². The van der Waals surface area contributed by atoms with Crippen LogP contribution in [-0.4, -0.2) is 63.9 Å². The van der Waals surface area contributed by atoms with Gasteiger partial charge in [0.1, 0.15) is 0 Å². The standard InChI is InChI=1S/C29H31N7O/c1-21-25(32-28(37)23-10-8-22(9-11-23)20-36-17-15-35(2)16-18-36)6-3-7-26(21)33-29-31-14-12-27(34-29)24-5-4-13-30-19-24/h3-14,19H,15-18,20H2,1-2H3,(H,32,37)(H,31,33,34). The highest BCUT2D eigenvalue weighted by Crippen LogP contribution is 2.26. The van der Waals surface area contributed by atoms with E-state index in [0.717, 1.165) is 60.9 Å². The van der Waals surface area contributed by atoms with E-state index in [0.29, 0.717) is 11.5 Å². The number of hydrogen-bond acceptors (Lipinski definition) is 7. The van der Waals surface area contributed by atoms with Crippen molar-refractivity contribution >= 4 is 23.2 Å². The lowest BCUT2D eigenvalue weighted by Gasteiger charge is -2.32. The Labute approximate surface area is 217 Å². The number of likely N-dealkylation sites (N-methyl/N-ethyl adjacent to an activating group) is 1. The fourth-order valence-electron chi connectivity index (χ4n) is 4.34. The van der Waals surface area contributed by atoms with E-state index < -0.39 is 0 Å². The van der Waals surface area contributed by atoms with Crippen LogP contribution in [0.15, 0.2) is 79.3 Å². The van der Waals surface area contributed by atoms with Gasteiger partial charge in [0, 0.05) is 73.8 Å². The Kier molecular flexibility index (Phi) is 7.49. The number of aromatic nitrogens is 3. The molecule has 0 aliphatic carbocycles. The summed E-state index contributed by atoms with van der Waals surface area (Å²) in [4.78, 5) is 30.9. The molecule has 0 saturated carbocycles. The first kappa shape index (κ1) is 24.5. The van der Waals surface area contributed by atoms with Gasteiger partial charge >= 0.3 is 0 Å². The van der Waals surface area contributed by atoms with Crippen molar-refractivity contribution in [3.8, 4) is 11.3 Å². The van der Waals surface area contributed by atoms with Gasteiger partial charge in [-0.2, -0.15) is 0 Å². The topological polar surface area (TPSA) is 86.3 Å². The zero-order valence-electron chi connectivity index (χ0n) is 21.2. The third-order valence-corrected chi connectivity index (χ3v) is 6.66. The molecule has 2 aromatic carbocycles. The van der Waals surface area contributed by atoms with E-state index >= 15 is 0 Å². The van der Waals surface area contributed by atoms with Crippen LogP contribution in [0.3, 0.4) is 0 Å². The smallest absolute Gasteiger partial charge is 0.255 e. The molecule has 0 radical (unpaired) electrons. The summed E-state index contributed by atoms with van der Waals surface area (Å²) >= 11 is 0. The fraction of sp³-hybridized carbons (Fsp3) is 0.241. The summed E-state index contributed by atoms with van der Waals surface area (Å²) in [5, 5.41) is 6.33. The molecule has 0 unspecified atom stereocenters. The Bertz CT molecular complexity index is 1350. The van der Waals surface area contributed by atoms with E-state index in [1.54, 1.807) is 18.6 Å². The van der Waals surface area contributed by atoms with Crippen molar-refractivity contribution in [2.75, 3.05) is 43.9 Å². The van der Waals surface area contributed by atoms with E-state index in [1.807, 2.05) is 67.6 Å². The Morgan fingerprint density at radius 3 is 2.46 bits per heavy atom. The normalized spacial score (nSPS) is 14.3. The van der Waals surface area contributed by atoms with Crippen LogP contribution in [0.25, 0.3) is 11.3 Å². The maximum absolute atomic E-state index is 13.0. The summed E-state index contributed by atoms with van der Waals surface area (Å²) in [5.41, 5.74) is 6.01. The van der Waals surface area contributed by atoms with Gasteiger partial charge in [-0.3, -0.25) is 14.7 Å². The third-order valence-electron chi connectivity index (χ3n) is 6.66. The lowest BCUT2D eigenvalue weighted by Crippen LogP contribution is -2.43. The van der Waals surface area contributed by atoms with Crippen molar-refractivity contribution < 1.29 is 4.79 Å². The lowest BCUT2D eigenvalue weighted by atomic mass is 10.1. The number of anilines is 3. The van der Waals surface area contributed by atoms with Crippen molar-refractivity contribution in [1.29, 1.82) is 0 Å². The average Bonchev–Trinajstić information content (AvgIpc) is 2.93. The maximum Gasteiger partial charge on any atom is 0.255 e. The highest BCUT2D eigenvalue weighted by Gasteiger charge is 2.15. The number of benzene rings is 2. The summed E-state index contributed by atoms with van der Waals surface area (Å²) in [6.45, 7) is 7.20. The van der Waals surface area contributed by atoms with Crippen molar-refractivity contribution in [1.82, 2.24) is 24.8 Å². The first-order valence-electron chi connectivity index (χ1n) is 12.5. The van der Waals surface area contributed by atoms with Crippen LogP contribution in [0.5, 0.6) is 0 Å². The fourth-order valence-corrected chi connectivity index (χ4v) is 4.34. The Hall–Kier alpha value is -4.14. The molecule has 0 spiro atoms. The monoisotopic (exact) mass is 493 g/mol. The number of hydrogen-bond donors (Lipinski definition) is 2. The van der Waals surface area contributed by atoms with Gasteiger partial charge < -0.3 is 15.5 Å². The largest absolute Gasteiger partial charge is 0.324 e. The quantitative estimate of drug-likeness (QED) is 0.389. The van der Waals surface area contributed by atoms with Crippen molar-refractivity contribution in [3.63, 3.8) is 0 Å². The number of rotatable bonds is 7. The molecule has 188 valence electrons. The van der Waals surface area contributed by atoms with E-state index in [1.165, 1.54) is 5.56 Å². The average molecular weight is 494 g/mol. The van der Waals surface area contributed by atoms with E-state index in [-0.39, 0.29) is 5.91 Å². The summed E-state index contributed by atoms with van der Waals surface area (Å²) in [5.74, 6) is 0.338. The summed E-state index contributed by atoms with van der Waals surface area (Å²) in [6, 6.07) is 19.3. The SMILES string of the molecule is Cc1c(NC(=O)c2ccc(CN3CCN(C)CC3)cc2)cccc1Nc1nccc(-c2cccnc2)n1. The minimum atomic E-state index is -0.138. The van der Waals surface area contributed by atoms with Crippen LogP contribution in [0.1, 0.15) is 21.5 Å². The molecule has 2 aromatic heterocycles. The molecule has 0 bridgehead atoms. The van der Waals surface area contributed by atoms with Crippen LogP contribution in [0.2, 0.25) is 0 Å². The first-order valence-corrected chi connectivity index (χ1v) is 12.5. The predicted octanol–water partition coefficient (Wildman–Crippen LogP) is 4.59. The number of nitrogens with zero attached hydrogens (tertiary/aromatic N) is 5. The van der Waals surface area contributed by atoms with Gasteiger partial charge in [0.15, 0.2) is 0 Å². The Morgan fingerprint density at radius 2 is 1.70 bits per heavy atom. The highest BCUT2D eigenvalue weighted by atomic mass is 16.1. The lowest BCUT2D eigenvalue weighted by molar-refractivity contribution is 0.102. The molecule has 8 heteroatoms. The molecule has 37 heavy (non-hydrogen) atoms. The van der Waals surface area contributed by atoms with Gasteiger partial charge in [-0.25, -0.2) is 9.97 Å². The van der Waals surface area contributed by atoms with Gasteiger partial charge in [-0.1, -0.05) is 18.2 Å². The second-order valence-corrected chi connectivity index (χ2v) is 9.34. The van der Waals surface area contributed by atoms with Crippen molar-refractivity contribution in [2.45, 2.75) is 13.5 Å². The minimum absolute atomic E-state index is 0.138. The molecule has 4 aromatic rings. The van der Waals surface area contributed by atoms with Gasteiger partial charge in [-0.05, 0) is 67.6 Å². The van der Waals surface area contributed by atoms with Gasteiger partial charge in [0.2, 0.25) is 5.95 Å². The molecule has 2 N–H and O–H groups in total. The first-order chi connectivity index (χ1) is 18.0. The summed E-state index contributed by atoms with van der Waals surface area (Å²) < 4.78 is 0. The number of nitrogens with one attached hydrogen (secondary N) is 2.